The van der Waals surface area contributed by atoms with Crippen LogP contribution >= 0.6 is 23.2 Å². The molecule has 9 nitrogen and oxygen atoms in total. The van der Waals surface area contributed by atoms with Crippen molar-refractivity contribution in [2.75, 3.05) is 31.6 Å². The SMILES string of the molecule is CCCNC(=O)[C@@H](C)N(Cc1c(Cl)cccc1Cl)C(=O)CN(c1cc(OC)ccc1OC)S(=O)(=O)c1ccccc1. The average Bonchev–Trinajstić information content (AvgIpc) is 2.98. The summed E-state index contributed by atoms with van der Waals surface area (Å²) in [6.45, 7) is 3.09. The summed E-state index contributed by atoms with van der Waals surface area (Å²) in [4.78, 5) is 28.3. The number of carbonyl (C=O) groups excluding carboxylic acids is 2. The lowest BCUT2D eigenvalue weighted by molar-refractivity contribution is -0.139. The van der Waals surface area contributed by atoms with Gasteiger partial charge in [0.25, 0.3) is 10.0 Å². The molecule has 0 aliphatic carbocycles. The Balaban J connectivity index is 2.13. The van der Waals surface area contributed by atoms with Crippen LogP contribution < -0.4 is 19.1 Å². The Morgan fingerprint density at radius 3 is 2.20 bits per heavy atom. The first-order chi connectivity index (χ1) is 19.5. The lowest BCUT2D eigenvalue weighted by atomic mass is 10.1. The van der Waals surface area contributed by atoms with Crippen molar-refractivity contribution in [2.24, 2.45) is 0 Å². The molecule has 41 heavy (non-hydrogen) atoms. The van der Waals surface area contributed by atoms with Crippen LogP contribution in [-0.4, -0.2) is 58.5 Å². The Bertz CT molecular complexity index is 1450. The van der Waals surface area contributed by atoms with E-state index in [0.29, 0.717) is 34.3 Å². The fraction of sp³-hybridized carbons (Fsp3) is 0.310. The summed E-state index contributed by atoms with van der Waals surface area (Å²) >= 11 is 12.8. The molecule has 1 atom stereocenters. The number of carbonyl (C=O) groups is 2. The van der Waals surface area contributed by atoms with Gasteiger partial charge in [-0.3, -0.25) is 13.9 Å². The molecule has 2 amide bonds. The van der Waals surface area contributed by atoms with Crippen molar-refractivity contribution in [1.82, 2.24) is 10.2 Å². The number of methoxy groups -OCH3 is 2. The molecule has 0 aromatic heterocycles. The van der Waals surface area contributed by atoms with Gasteiger partial charge in [0.15, 0.2) is 0 Å². The first kappa shape index (κ1) is 32.0. The van der Waals surface area contributed by atoms with E-state index in [2.05, 4.69) is 5.32 Å². The van der Waals surface area contributed by atoms with Crippen molar-refractivity contribution in [2.45, 2.75) is 37.8 Å². The van der Waals surface area contributed by atoms with Crippen LogP contribution in [0.4, 0.5) is 5.69 Å². The molecule has 0 saturated heterocycles. The van der Waals surface area contributed by atoms with Crippen LogP contribution in [0.5, 0.6) is 11.5 Å². The summed E-state index contributed by atoms with van der Waals surface area (Å²) in [5, 5.41) is 3.40. The quantitative estimate of drug-likeness (QED) is 0.283. The zero-order chi connectivity index (χ0) is 30.2. The molecule has 220 valence electrons. The number of hydrogen-bond donors (Lipinski definition) is 1. The number of hydrogen-bond acceptors (Lipinski definition) is 6. The second-order valence-corrected chi connectivity index (χ2v) is 11.7. The van der Waals surface area contributed by atoms with Crippen LogP contribution in [0.1, 0.15) is 25.8 Å². The molecule has 0 fully saturated rings. The predicted molar refractivity (Wildman–Crippen MR) is 160 cm³/mol. The fourth-order valence-electron chi connectivity index (χ4n) is 4.06. The Morgan fingerprint density at radius 2 is 1.61 bits per heavy atom. The van der Waals surface area contributed by atoms with Gasteiger partial charge < -0.3 is 19.7 Å². The largest absolute Gasteiger partial charge is 0.497 e. The standard InChI is InChI=1S/C29H33Cl2N3O6S/c1-5-16-32-29(36)20(2)33(18-23-24(30)12-9-13-25(23)31)28(35)19-34(41(37,38)22-10-7-6-8-11-22)26-17-21(39-3)14-15-27(26)40-4/h6-15,17,20H,5,16,18-19H2,1-4H3,(H,32,36)/t20-/m1/s1. The number of rotatable bonds is 13. The highest BCUT2D eigenvalue weighted by molar-refractivity contribution is 7.92. The van der Waals surface area contributed by atoms with Gasteiger partial charge in [-0.1, -0.05) is 54.4 Å². The number of nitrogens with zero attached hydrogens (tertiary/aromatic N) is 2. The summed E-state index contributed by atoms with van der Waals surface area (Å²) in [6.07, 6.45) is 0.696. The monoisotopic (exact) mass is 621 g/mol. The van der Waals surface area contributed by atoms with Crippen LogP contribution in [0, 0.1) is 0 Å². The third-order valence-electron chi connectivity index (χ3n) is 6.37. The van der Waals surface area contributed by atoms with Crippen molar-refractivity contribution >= 4 is 50.7 Å². The summed E-state index contributed by atoms with van der Waals surface area (Å²) in [7, 11) is -1.45. The van der Waals surface area contributed by atoms with Crippen molar-refractivity contribution in [3.05, 3.63) is 82.3 Å². The van der Waals surface area contributed by atoms with Gasteiger partial charge in [0.05, 0.1) is 24.8 Å². The van der Waals surface area contributed by atoms with Gasteiger partial charge >= 0.3 is 0 Å². The summed E-state index contributed by atoms with van der Waals surface area (Å²) < 4.78 is 39.8. The number of benzene rings is 3. The number of ether oxygens (including phenoxy) is 2. The van der Waals surface area contributed by atoms with Crippen LogP contribution in [0.2, 0.25) is 10.0 Å². The molecule has 0 radical (unpaired) electrons. The van der Waals surface area contributed by atoms with E-state index in [1.165, 1.54) is 37.3 Å². The Kier molecular flexibility index (Phi) is 11.3. The van der Waals surface area contributed by atoms with Gasteiger partial charge in [-0.15, -0.1) is 0 Å². The van der Waals surface area contributed by atoms with E-state index in [1.54, 1.807) is 55.5 Å². The Morgan fingerprint density at radius 1 is 0.951 bits per heavy atom. The third-order valence-corrected chi connectivity index (χ3v) is 8.85. The summed E-state index contributed by atoms with van der Waals surface area (Å²) in [6, 6.07) is 16.3. The van der Waals surface area contributed by atoms with Gasteiger partial charge in [-0.25, -0.2) is 8.42 Å². The van der Waals surface area contributed by atoms with Crippen molar-refractivity contribution in [3.63, 3.8) is 0 Å². The Hall–Kier alpha value is -3.47. The molecule has 0 aliphatic rings. The zero-order valence-corrected chi connectivity index (χ0v) is 25.6. The van der Waals surface area contributed by atoms with E-state index in [1.807, 2.05) is 6.92 Å². The van der Waals surface area contributed by atoms with E-state index < -0.39 is 34.4 Å². The Labute approximate surface area is 251 Å². The molecule has 0 spiro atoms. The van der Waals surface area contributed by atoms with Crippen LogP contribution in [0.15, 0.2) is 71.6 Å². The number of amides is 2. The fourth-order valence-corrected chi connectivity index (χ4v) is 6.01. The van der Waals surface area contributed by atoms with Gasteiger partial charge in [0.2, 0.25) is 11.8 Å². The normalized spacial score (nSPS) is 11.9. The van der Waals surface area contributed by atoms with E-state index in [4.69, 9.17) is 32.7 Å². The predicted octanol–water partition coefficient (Wildman–Crippen LogP) is 5.15. The third kappa shape index (κ3) is 7.63. The highest BCUT2D eigenvalue weighted by Gasteiger charge is 2.34. The number of sulfonamides is 1. The van der Waals surface area contributed by atoms with Gasteiger partial charge in [-0.05, 0) is 49.7 Å². The second-order valence-electron chi connectivity index (χ2n) is 9.05. The van der Waals surface area contributed by atoms with E-state index >= 15 is 0 Å². The molecule has 3 aromatic carbocycles. The lowest BCUT2D eigenvalue weighted by Gasteiger charge is -2.32. The van der Waals surface area contributed by atoms with Crippen LogP contribution in [0.25, 0.3) is 0 Å². The molecular formula is C29H33Cl2N3O6S. The molecule has 0 heterocycles. The molecule has 0 aliphatic heterocycles. The van der Waals surface area contributed by atoms with Crippen molar-refractivity contribution in [1.29, 1.82) is 0 Å². The lowest BCUT2D eigenvalue weighted by Crippen LogP contribution is -2.51. The second kappa shape index (κ2) is 14.4. The zero-order valence-electron chi connectivity index (χ0n) is 23.3. The minimum atomic E-state index is -4.29. The number of halogens is 2. The smallest absolute Gasteiger partial charge is 0.264 e. The van der Waals surface area contributed by atoms with E-state index in [0.717, 1.165) is 4.31 Å². The molecule has 1 N–H and O–H groups in total. The molecule has 0 saturated carbocycles. The molecular weight excluding hydrogens is 589 g/mol. The van der Waals surface area contributed by atoms with Gasteiger partial charge in [-0.2, -0.15) is 0 Å². The minimum absolute atomic E-state index is 0.0351. The molecule has 12 heteroatoms. The van der Waals surface area contributed by atoms with Crippen LogP contribution in [-0.2, 0) is 26.2 Å². The van der Waals surface area contributed by atoms with E-state index in [-0.39, 0.29) is 22.9 Å². The maximum Gasteiger partial charge on any atom is 0.264 e. The molecule has 3 rings (SSSR count). The maximum atomic E-state index is 14.1. The van der Waals surface area contributed by atoms with Crippen LogP contribution in [0.3, 0.4) is 0 Å². The first-order valence-corrected chi connectivity index (χ1v) is 15.0. The minimum Gasteiger partial charge on any atom is -0.497 e. The van der Waals surface area contributed by atoms with Crippen molar-refractivity contribution in [3.8, 4) is 11.5 Å². The van der Waals surface area contributed by atoms with E-state index in [9.17, 15) is 18.0 Å². The topological polar surface area (TPSA) is 105 Å². The maximum absolute atomic E-state index is 14.1. The number of anilines is 1. The molecule has 3 aromatic rings. The van der Waals surface area contributed by atoms with Crippen molar-refractivity contribution < 1.29 is 27.5 Å². The molecule has 0 unspecified atom stereocenters. The average molecular weight is 623 g/mol. The molecule has 0 bridgehead atoms. The highest BCUT2D eigenvalue weighted by atomic mass is 35.5. The highest BCUT2D eigenvalue weighted by Crippen LogP contribution is 2.36. The summed E-state index contributed by atoms with van der Waals surface area (Å²) in [5.41, 5.74) is 0.513. The number of nitrogens with one attached hydrogen (secondary N) is 1. The summed E-state index contributed by atoms with van der Waals surface area (Å²) in [5.74, 6) is -0.509. The van der Waals surface area contributed by atoms with Gasteiger partial charge in [0, 0.05) is 34.8 Å². The van der Waals surface area contributed by atoms with Gasteiger partial charge in [0.1, 0.15) is 24.1 Å². The first-order valence-electron chi connectivity index (χ1n) is 12.8.